The minimum Gasteiger partial charge on any atom is -0.337 e. The molecule has 1 saturated heterocycles. The molecule has 1 aromatic carbocycles. The molecule has 1 N–H and O–H groups in total. The van der Waals surface area contributed by atoms with Crippen molar-refractivity contribution in [1.82, 2.24) is 9.62 Å². The summed E-state index contributed by atoms with van der Waals surface area (Å²) in [6.45, 7) is 4.77. The van der Waals surface area contributed by atoms with Crippen LogP contribution in [0, 0.1) is 24.0 Å². The maximum atomic E-state index is 14.3. The maximum absolute atomic E-state index is 14.3. The van der Waals surface area contributed by atoms with Crippen LogP contribution in [0.15, 0.2) is 12.1 Å². The number of halogens is 2. The van der Waals surface area contributed by atoms with Crippen LogP contribution in [0.3, 0.4) is 0 Å². The van der Waals surface area contributed by atoms with Crippen molar-refractivity contribution >= 4 is 21.8 Å². The van der Waals surface area contributed by atoms with E-state index in [4.69, 9.17) is 0 Å². The summed E-state index contributed by atoms with van der Waals surface area (Å²) in [6.07, 6.45) is 1.14. The molecular formula is C18H24F2N2O4S. The van der Waals surface area contributed by atoms with Crippen LogP contribution in [0.25, 0.3) is 0 Å². The van der Waals surface area contributed by atoms with Gasteiger partial charge in [0.25, 0.3) is 5.91 Å². The van der Waals surface area contributed by atoms with E-state index in [1.54, 1.807) is 13.8 Å². The summed E-state index contributed by atoms with van der Waals surface area (Å²) in [5, 5.41) is 0. The van der Waals surface area contributed by atoms with Gasteiger partial charge in [-0.1, -0.05) is 13.0 Å². The monoisotopic (exact) mass is 402 g/mol. The van der Waals surface area contributed by atoms with Crippen LogP contribution in [0.4, 0.5) is 8.78 Å². The molecule has 6 nitrogen and oxygen atoms in total. The molecule has 1 fully saturated rings. The van der Waals surface area contributed by atoms with Gasteiger partial charge in [-0.25, -0.2) is 17.2 Å². The van der Waals surface area contributed by atoms with Gasteiger partial charge >= 0.3 is 0 Å². The molecule has 2 amide bonds. The predicted octanol–water partition coefficient (Wildman–Crippen LogP) is 2.37. The van der Waals surface area contributed by atoms with Gasteiger partial charge in [0.1, 0.15) is 17.2 Å². The molecule has 0 bridgehead atoms. The van der Waals surface area contributed by atoms with Crippen molar-refractivity contribution in [3.8, 4) is 0 Å². The molecule has 150 valence electrons. The van der Waals surface area contributed by atoms with Gasteiger partial charge in [-0.2, -0.15) is 0 Å². The number of rotatable bonds is 5. The van der Waals surface area contributed by atoms with Gasteiger partial charge in [-0.05, 0) is 44.7 Å². The van der Waals surface area contributed by atoms with Gasteiger partial charge in [-0.15, -0.1) is 0 Å². The van der Waals surface area contributed by atoms with Crippen molar-refractivity contribution in [1.29, 1.82) is 0 Å². The Bertz CT molecular complexity index is 857. The first-order chi connectivity index (χ1) is 12.5. The van der Waals surface area contributed by atoms with Crippen LogP contribution in [0.1, 0.15) is 49.0 Å². The van der Waals surface area contributed by atoms with E-state index < -0.39 is 44.5 Å². The standard InChI is InChI=1S/C18H24F2N2O4S/c1-4-10-27(25,26)21-17(24)18(3)8-5-9-22(11-18)16(23)14-13(19)7-6-12(2)15(14)20/h6-7H,4-5,8-11H2,1-3H3,(H,21,24). The first-order valence-corrected chi connectivity index (χ1v) is 10.4. The summed E-state index contributed by atoms with van der Waals surface area (Å²) < 4.78 is 54.1. The van der Waals surface area contributed by atoms with E-state index >= 15 is 0 Å². The molecule has 0 radical (unpaired) electrons. The summed E-state index contributed by atoms with van der Waals surface area (Å²) in [6, 6.07) is 2.27. The Morgan fingerprint density at radius 3 is 2.59 bits per heavy atom. The third-order valence-electron chi connectivity index (χ3n) is 4.75. The summed E-state index contributed by atoms with van der Waals surface area (Å²) in [5.41, 5.74) is -1.67. The third-order valence-corrected chi connectivity index (χ3v) is 6.19. The number of carbonyl (C=O) groups excluding carboxylic acids is 2. The second-order valence-corrected chi connectivity index (χ2v) is 9.04. The number of benzene rings is 1. The minimum absolute atomic E-state index is 0.119. The van der Waals surface area contributed by atoms with Crippen molar-refractivity contribution in [2.45, 2.75) is 40.0 Å². The highest BCUT2D eigenvalue weighted by Crippen LogP contribution is 2.31. The largest absolute Gasteiger partial charge is 0.337 e. The molecule has 9 heteroatoms. The normalized spacial score (nSPS) is 20.4. The third kappa shape index (κ3) is 4.63. The second-order valence-electron chi connectivity index (χ2n) is 7.19. The van der Waals surface area contributed by atoms with Crippen LogP contribution >= 0.6 is 0 Å². The molecule has 27 heavy (non-hydrogen) atoms. The van der Waals surface area contributed by atoms with E-state index in [0.29, 0.717) is 19.3 Å². The fraction of sp³-hybridized carbons (Fsp3) is 0.556. The van der Waals surface area contributed by atoms with Gasteiger partial charge in [0, 0.05) is 13.1 Å². The zero-order chi connectivity index (χ0) is 20.4. The van der Waals surface area contributed by atoms with Crippen molar-refractivity contribution in [2.24, 2.45) is 5.41 Å². The number of piperidine rings is 1. The molecule has 0 spiro atoms. The van der Waals surface area contributed by atoms with Crippen molar-refractivity contribution in [3.05, 3.63) is 34.9 Å². The number of hydrogen-bond acceptors (Lipinski definition) is 4. The summed E-state index contributed by atoms with van der Waals surface area (Å²) in [7, 11) is -3.75. The lowest BCUT2D eigenvalue weighted by Gasteiger charge is -2.39. The first-order valence-electron chi connectivity index (χ1n) is 8.79. The molecule has 1 aliphatic rings. The number of likely N-dealkylation sites (tertiary alicyclic amines) is 1. The fourth-order valence-electron chi connectivity index (χ4n) is 3.19. The first kappa shape index (κ1) is 21.3. The molecule has 2 rings (SSSR count). The van der Waals surface area contributed by atoms with E-state index in [2.05, 4.69) is 0 Å². The van der Waals surface area contributed by atoms with Crippen LogP contribution in [0.2, 0.25) is 0 Å². The summed E-state index contributed by atoms with van der Waals surface area (Å²) in [4.78, 5) is 26.4. The maximum Gasteiger partial charge on any atom is 0.259 e. The smallest absolute Gasteiger partial charge is 0.259 e. The number of aryl methyl sites for hydroxylation is 1. The van der Waals surface area contributed by atoms with E-state index in [1.165, 1.54) is 17.9 Å². The van der Waals surface area contributed by atoms with Crippen molar-refractivity contribution < 1.29 is 26.8 Å². The quantitative estimate of drug-likeness (QED) is 0.820. The lowest BCUT2D eigenvalue weighted by molar-refractivity contribution is -0.130. The molecule has 1 aromatic rings. The summed E-state index contributed by atoms with van der Waals surface area (Å²) >= 11 is 0. The number of carbonyl (C=O) groups is 2. The highest BCUT2D eigenvalue weighted by molar-refractivity contribution is 7.90. The Hall–Kier alpha value is -2.03. The molecular weight excluding hydrogens is 378 g/mol. The summed E-state index contributed by atoms with van der Waals surface area (Å²) in [5.74, 6) is -3.63. The highest BCUT2D eigenvalue weighted by Gasteiger charge is 2.41. The Kier molecular flexibility index (Phi) is 6.24. The van der Waals surface area contributed by atoms with E-state index in [1.807, 2.05) is 4.72 Å². The van der Waals surface area contributed by atoms with Crippen LogP contribution < -0.4 is 4.72 Å². The number of nitrogens with zero attached hydrogens (tertiary/aromatic N) is 1. The molecule has 1 atom stereocenters. The van der Waals surface area contributed by atoms with E-state index in [9.17, 15) is 26.8 Å². The molecule has 1 unspecified atom stereocenters. The topological polar surface area (TPSA) is 83.6 Å². The lowest BCUT2D eigenvalue weighted by atomic mass is 9.81. The molecule has 0 aliphatic carbocycles. The van der Waals surface area contributed by atoms with Gasteiger partial charge in [0.15, 0.2) is 0 Å². The fourth-order valence-corrected chi connectivity index (χ4v) is 4.36. The SMILES string of the molecule is CCCS(=O)(=O)NC(=O)C1(C)CCCN(C(=O)c2c(F)ccc(C)c2F)C1. The average Bonchev–Trinajstić information content (AvgIpc) is 2.58. The van der Waals surface area contributed by atoms with E-state index in [-0.39, 0.29) is 24.4 Å². The number of hydrogen-bond donors (Lipinski definition) is 1. The molecule has 0 saturated carbocycles. The van der Waals surface area contributed by atoms with Gasteiger partial charge < -0.3 is 4.90 Å². The van der Waals surface area contributed by atoms with Crippen LogP contribution in [-0.2, 0) is 14.8 Å². The van der Waals surface area contributed by atoms with E-state index in [0.717, 1.165) is 6.07 Å². The Morgan fingerprint density at radius 2 is 1.96 bits per heavy atom. The zero-order valence-corrected chi connectivity index (χ0v) is 16.5. The van der Waals surface area contributed by atoms with Gasteiger partial charge in [0.05, 0.1) is 11.2 Å². The number of sulfonamides is 1. The Balaban J connectivity index is 2.24. The lowest BCUT2D eigenvalue weighted by Crippen LogP contribution is -2.53. The molecule has 1 aliphatic heterocycles. The molecule has 0 aromatic heterocycles. The van der Waals surface area contributed by atoms with Gasteiger partial charge in [0.2, 0.25) is 15.9 Å². The zero-order valence-electron chi connectivity index (χ0n) is 15.6. The second kappa shape index (κ2) is 7.92. The predicted molar refractivity (Wildman–Crippen MR) is 96.6 cm³/mol. The minimum atomic E-state index is -3.75. The average molecular weight is 402 g/mol. The van der Waals surface area contributed by atoms with Crippen molar-refractivity contribution in [2.75, 3.05) is 18.8 Å². The Morgan fingerprint density at radius 1 is 1.30 bits per heavy atom. The van der Waals surface area contributed by atoms with Crippen LogP contribution in [0.5, 0.6) is 0 Å². The van der Waals surface area contributed by atoms with Crippen molar-refractivity contribution in [3.63, 3.8) is 0 Å². The highest BCUT2D eigenvalue weighted by atomic mass is 32.2. The Labute approximate surface area is 158 Å². The number of nitrogens with one attached hydrogen (secondary N) is 1. The number of amides is 2. The van der Waals surface area contributed by atoms with Crippen LogP contribution in [-0.4, -0.2) is 44.0 Å². The molecule has 1 heterocycles. The van der Waals surface area contributed by atoms with Gasteiger partial charge in [-0.3, -0.25) is 14.3 Å².